The number of likely N-dealkylation sites (tertiary alicyclic amines) is 1. The summed E-state index contributed by atoms with van der Waals surface area (Å²) in [5.41, 5.74) is -2.49. The number of nitrogens with zero attached hydrogens (tertiary/aromatic N) is 3. The molecule has 0 unspecified atom stereocenters. The standard InChI is InChI=1S/C37H30F6N4O5/c1-18-7-20(14-44)9-30-33(18)22-8-19(2)34(40)26(10-22)29(13-32(49)50)45-36(51)35(25-11-24(52-30)3-4-28(25)39)47-15-21(5-6-46-16-23(38)17-46)27(12-31(47)48)37(41,42)43/h3-4,7-12,15,23,29,35H,5-6,13,16-17H2,1-2H3,(H,45,51)(H,49,50)/t29-,35-/m1/s1. The van der Waals surface area contributed by atoms with Crippen LogP contribution in [0, 0.1) is 36.8 Å². The van der Waals surface area contributed by atoms with E-state index in [2.05, 4.69) is 5.32 Å². The summed E-state index contributed by atoms with van der Waals surface area (Å²) in [6.07, 6.45) is -6.55. The highest BCUT2D eigenvalue weighted by Gasteiger charge is 2.38. The van der Waals surface area contributed by atoms with Gasteiger partial charge in [-0.25, -0.2) is 13.2 Å². The van der Waals surface area contributed by atoms with Crippen LogP contribution in [0.2, 0.25) is 0 Å². The van der Waals surface area contributed by atoms with Gasteiger partial charge >= 0.3 is 12.1 Å². The van der Waals surface area contributed by atoms with Crippen molar-refractivity contribution in [2.24, 2.45) is 0 Å². The summed E-state index contributed by atoms with van der Waals surface area (Å²) in [6, 6.07) is 7.50. The third-order valence-electron chi connectivity index (χ3n) is 9.17. The van der Waals surface area contributed by atoms with Crippen LogP contribution in [-0.4, -0.2) is 52.3 Å². The highest BCUT2D eigenvalue weighted by atomic mass is 19.4. The van der Waals surface area contributed by atoms with Gasteiger partial charge in [-0.1, -0.05) is 0 Å². The van der Waals surface area contributed by atoms with Crippen LogP contribution in [0.5, 0.6) is 11.5 Å². The van der Waals surface area contributed by atoms with Crippen molar-refractivity contribution < 1.29 is 45.8 Å². The SMILES string of the molecule is Cc1cc2cc(c1F)[C@@H](CC(=O)O)NC(=O)[C@H](n1cc(CCN3CC(F)C3)c(C(F)(F)F)cc1=O)c1cc(ccc1F)Oc1cc(C#N)cc(C)c1-2. The third kappa shape index (κ3) is 7.11. The minimum absolute atomic E-state index is 0.00470. The predicted molar refractivity (Wildman–Crippen MR) is 175 cm³/mol. The lowest BCUT2D eigenvalue weighted by Crippen LogP contribution is -2.49. The highest BCUT2D eigenvalue weighted by Crippen LogP contribution is 2.41. The molecule has 6 rings (SSSR count). The van der Waals surface area contributed by atoms with E-state index in [1.165, 1.54) is 31.2 Å². The number of carboxylic acids is 1. The average Bonchev–Trinajstić information content (AvgIpc) is 3.05. The second kappa shape index (κ2) is 13.8. The van der Waals surface area contributed by atoms with E-state index in [-0.39, 0.29) is 60.3 Å². The number of benzene rings is 3. The number of halogens is 6. The summed E-state index contributed by atoms with van der Waals surface area (Å²) < 4.78 is 94.6. The van der Waals surface area contributed by atoms with Crippen LogP contribution < -0.4 is 15.6 Å². The molecule has 0 aliphatic carbocycles. The Morgan fingerprint density at radius 1 is 1.04 bits per heavy atom. The molecule has 0 radical (unpaired) electrons. The molecule has 3 aromatic carbocycles. The topological polar surface area (TPSA) is 125 Å². The zero-order valence-electron chi connectivity index (χ0n) is 27.7. The largest absolute Gasteiger partial charge is 0.481 e. The molecule has 1 amide bonds. The van der Waals surface area contributed by atoms with Gasteiger partial charge in [0.05, 0.1) is 29.7 Å². The summed E-state index contributed by atoms with van der Waals surface area (Å²) >= 11 is 0. The number of fused-ring (bicyclic) bond motifs is 6. The smallest absolute Gasteiger partial charge is 0.416 e. The fourth-order valence-electron chi connectivity index (χ4n) is 6.69. The molecule has 52 heavy (non-hydrogen) atoms. The van der Waals surface area contributed by atoms with Gasteiger partial charge in [0, 0.05) is 48.6 Å². The summed E-state index contributed by atoms with van der Waals surface area (Å²) in [5, 5.41) is 22.0. The number of carboxylic acid groups (broad SMARTS) is 1. The second-order valence-electron chi connectivity index (χ2n) is 12.9. The number of alkyl halides is 4. The van der Waals surface area contributed by atoms with Crippen LogP contribution in [0.3, 0.4) is 0 Å². The second-order valence-corrected chi connectivity index (χ2v) is 12.9. The fraction of sp³-hybridized carbons (Fsp3) is 0.297. The molecule has 9 nitrogen and oxygen atoms in total. The van der Waals surface area contributed by atoms with E-state index in [9.17, 15) is 42.3 Å². The number of hydrogen-bond donors (Lipinski definition) is 2. The molecule has 270 valence electrons. The maximum atomic E-state index is 15.9. The average molecular weight is 725 g/mol. The fourth-order valence-corrected chi connectivity index (χ4v) is 6.69. The number of pyridine rings is 1. The van der Waals surface area contributed by atoms with E-state index in [0.717, 1.165) is 18.3 Å². The van der Waals surface area contributed by atoms with Gasteiger partial charge in [-0.3, -0.25) is 23.9 Å². The van der Waals surface area contributed by atoms with E-state index in [4.69, 9.17) is 4.74 Å². The summed E-state index contributed by atoms with van der Waals surface area (Å²) in [7, 11) is 0. The molecule has 1 aromatic heterocycles. The minimum Gasteiger partial charge on any atom is -0.481 e. The normalized spacial score (nSPS) is 17.7. The van der Waals surface area contributed by atoms with Gasteiger partial charge in [-0.2, -0.15) is 18.4 Å². The Kier molecular flexibility index (Phi) is 9.63. The highest BCUT2D eigenvalue weighted by molar-refractivity contribution is 5.85. The Bertz CT molecular complexity index is 2210. The molecule has 4 aromatic rings. The van der Waals surface area contributed by atoms with Crippen molar-refractivity contribution in [3.8, 4) is 28.7 Å². The van der Waals surface area contributed by atoms with Crippen molar-refractivity contribution in [2.45, 2.75) is 51.1 Å². The number of nitriles is 1. The molecular weight excluding hydrogens is 694 g/mol. The molecule has 1 fully saturated rings. The van der Waals surface area contributed by atoms with Gasteiger partial charge in [0.1, 0.15) is 35.3 Å². The molecule has 0 spiro atoms. The van der Waals surface area contributed by atoms with Crippen molar-refractivity contribution in [1.29, 1.82) is 5.26 Å². The summed E-state index contributed by atoms with van der Waals surface area (Å²) in [6.45, 7) is 3.07. The van der Waals surface area contributed by atoms with Crippen LogP contribution >= 0.6 is 0 Å². The number of hydrogen-bond acceptors (Lipinski definition) is 6. The molecule has 2 atom stereocenters. The lowest BCUT2D eigenvalue weighted by molar-refractivity contribution is -0.139. The molecule has 2 aliphatic heterocycles. The van der Waals surface area contributed by atoms with Gasteiger partial charge in [0.25, 0.3) is 5.56 Å². The number of amides is 1. The van der Waals surface area contributed by atoms with Gasteiger partial charge in [0.15, 0.2) is 0 Å². The Labute approximate surface area is 292 Å². The Morgan fingerprint density at radius 3 is 2.42 bits per heavy atom. The number of carbonyl (C=O) groups is 2. The lowest BCUT2D eigenvalue weighted by atomic mass is 9.91. The monoisotopic (exact) mass is 724 g/mol. The molecule has 2 aliphatic rings. The van der Waals surface area contributed by atoms with Gasteiger partial charge in [-0.05, 0) is 85.0 Å². The molecular formula is C37H30F6N4O5. The molecule has 4 bridgehead atoms. The zero-order chi connectivity index (χ0) is 37.6. The number of aryl methyl sites for hydroxylation is 2. The first-order chi connectivity index (χ1) is 24.5. The van der Waals surface area contributed by atoms with Gasteiger partial charge in [-0.15, -0.1) is 0 Å². The molecule has 2 N–H and O–H groups in total. The van der Waals surface area contributed by atoms with E-state index in [1.54, 1.807) is 17.9 Å². The summed E-state index contributed by atoms with van der Waals surface area (Å²) in [4.78, 5) is 41.5. The summed E-state index contributed by atoms with van der Waals surface area (Å²) in [5.74, 6) is -4.69. The van der Waals surface area contributed by atoms with Crippen LogP contribution in [0.1, 0.15) is 57.4 Å². The predicted octanol–water partition coefficient (Wildman–Crippen LogP) is 6.52. The molecule has 15 heteroatoms. The Hall–Kier alpha value is -5.62. The first-order valence-electron chi connectivity index (χ1n) is 16.1. The van der Waals surface area contributed by atoms with Gasteiger partial charge in [0.2, 0.25) is 5.91 Å². The van der Waals surface area contributed by atoms with Crippen LogP contribution in [-0.2, 0) is 22.2 Å². The number of carbonyl (C=O) groups excluding carboxylic acids is 1. The van der Waals surface area contributed by atoms with Crippen molar-refractivity contribution >= 4 is 11.9 Å². The number of rotatable bonds is 6. The van der Waals surface area contributed by atoms with Crippen molar-refractivity contribution in [3.05, 3.63) is 116 Å². The third-order valence-corrected chi connectivity index (χ3v) is 9.17. The van der Waals surface area contributed by atoms with Crippen molar-refractivity contribution in [2.75, 3.05) is 19.6 Å². The quantitative estimate of drug-likeness (QED) is 0.217. The van der Waals surface area contributed by atoms with Crippen LogP contribution in [0.25, 0.3) is 11.1 Å². The number of aliphatic carboxylic acids is 1. The van der Waals surface area contributed by atoms with E-state index >= 15 is 8.78 Å². The Morgan fingerprint density at radius 2 is 1.77 bits per heavy atom. The van der Waals surface area contributed by atoms with E-state index < -0.39 is 76.6 Å². The molecule has 0 saturated carbocycles. The molecule has 3 heterocycles. The zero-order valence-corrected chi connectivity index (χ0v) is 27.7. The van der Waals surface area contributed by atoms with E-state index in [1.807, 2.05) is 6.07 Å². The number of ether oxygens (including phenoxy) is 1. The maximum Gasteiger partial charge on any atom is 0.416 e. The minimum atomic E-state index is -5.00. The lowest BCUT2D eigenvalue weighted by Gasteiger charge is -2.34. The van der Waals surface area contributed by atoms with Crippen LogP contribution in [0.4, 0.5) is 26.3 Å². The first-order valence-corrected chi connectivity index (χ1v) is 16.1. The van der Waals surface area contributed by atoms with E-state index in [0.29, 0.717) is 21.3 Å². The first kappa shape index (κ1) is 36.2. The van der Waals surface area contributed by atoms with Crippen molar-refractivity contribution in [1.82, 2.24) is 14.8 Å². The number of nitrogens with one attached hydrogen (secondary N) is 1. The molecule has 1 saturated heterocycles. The van der Waals surface area contributed by atoms with Gasteiger partial charge < -0.3 is 15.2 Å². The number of aromatic nitrogens is 1. The Balaban J connectivity index is 1.60. The maximum absolute atomic E-state index is 15.9. The van der Waals surface area contributed by atoms with Crippen molar-refractivity contribution in [3.63, 3.8) is 0 Å². The van der Waals surface area contributed by atoms with Crippen LogP contribution in [0.15, 0.2) is 59.5 Å².